The van der Waals surface area contributed by atoms with Crippen molar-refractivity contribution in [2.75, 3.05) is 5.32 Å². The number of hydrogen-bond donors (Lipinski definition) is 2. The molecule has 0 unspecified atom stereocenters. The summed E-state index contributed by atoms with van der Waals surface area (Å²) in [5.74, 6) is 0. The average Bonchev–Trinajstić information content (AvgIpc) is 2.43. The fourth-order valence-corrected chi connectivity index (χ4v) is 2.51. The molecule has 0 bridgehead atoms. The molecule has 3 nitrogen and oxygen atoms in total. The second-order valence-corrected chi connectivity index (χ2v) is 5.44. The van der Waals surface area contributed by atoms with E-state index in [1.54, 1.807) is 0 Å². The summed E-state index contributed by atoms with van der Waals surface area (Å²) in [4.78, 5) is 12.2. The number of amides is 2. The van der Waals surface area contributed by atoms with E-state index in [1.165, 1.54) is 5.56 Å². The number of benzene rings is 2. The van der Waals surface area contributed by atoms with E-state index in [0.29, 0.717) is 0 Å². The Morgan fingerprint density at radius 2 is 1.48 bits per heavy atom. The first kappa shape index (κ1) is 15.1. The Labute approximate surface area is 126 Å². The quantitative estimate of drug-likeness (QED) is 0.855. The lowest BCUT2D eigenvalue weighted by Crippen LogP contribution is -2.32. The molecule has 2 N–H and O–H groups in total. The van der Waals surface area contributed by atoms with Gasteiger partial charge in [0.1, 0.15) is 0 Å². The molecular weight excluding hydrogens is 260 g/mol. The van der Waals surface area contributed by atoms with Crippen molar-refractivity contribution < 1.29 is 4.79 Å². The molecule has 3 heteroatoms. The molecular formula is C18H22N2O. The van der Waals surface area contributed by atoms with Gasteiger partial charge >= 0.3 is 6.03 Å². The van der Waals surface area contributed by atoms with Crippen LogP contribution in [0.1, 0.15) is 35.2 Å². The lowest BCUT2D eigenvalue weighted by molar-refractivity contribution is 0.249. The van der Waals surface area contributed by atoms with E-state index in [4.69, 9.17) is 0 Å². The molecule has 0 fully saturated rings. The van der Waals surface area contributed by atoms with Crippen LogP contribution in [-0.2, 0) is 0 Å². The number of aryl methyl sites for hydroxylation is 3. The first-order chi connectivity index (χ1) is 9.99. The van der Waals surface area contributed by atoms with Gasteiger partial charge in [-0.25, -0.2) is 4.79 Å². The Morgan fingerprint density at radius 1 is 0.905 bits per heavy atom. The largest absolute Gasteiger partial charge is 0.331 e. The third-order valence-corrected chi connectivity index (χ3v) is 3.72. The van der Waals surface area contributed by atoms with E-state index < -0.39 is 0 Å². The van der Waals surface area contributed by atoms with Gasteiger partial charge in [-0.3, -0.25) is 0 Å². The summed E-state index contributed by atoms with van der Waals surface area (Å²) in [6, 6.07) is 13.9. The van der Waals surface area contributed by atoms with Crippen LogP contribution in [0.2, 0.25) is 0 Å². The maximum Gasteiger partial charge on any atom is 0.319 e. The molecule has 1 atom stereocenters. The van der Waals surface area contributed by atoms with Crippen LogP contribution in [0.4, 0.5) is 10.5 Å². The van der Waals surface area contributed by atoms with Crippen molar-refractivity contribution in [1.82, 2.24) is 5.32 Å². The fraction of sp³-hybridized carbons (Fsp3) is 0.278. The molecule has 0 aliphatic rings. The summed E-state index contributed by atoms with van der Waals surface area (Å²) < 4.78 is 0. The fourth-order valence-electron chi connectivity index (χ4n) is 2.51. The third-order valence-electron chi connectivity index (χ3n) is 3.72. The van der Waals surface area contributed by atoms with Gasteiger partial charge in [-0.2, -0.15) is 0 Å². The van der Waals surface area contributed by atoms with Crippen LogP contribution in [0.15, 0.2) is 42.5 Å². The van der Waals surface area contributed by atoms with E-state index in [0.717, 1.165) is 22.4 Å². The van der Waals surface area contributed by atoms with Gasteiger partial charge in [0.2, 0.25) is 0 Å². The van der Waals surface area contributed by atoms with Crippen molar-refractivity contribution in [1.29, 1.82) is 0 Å². The van der Waals surface area contributed by atoms with Gasteiger partial charge in [-0.1, -0.05) is 42.5 Å². The monoisotopic (exact) mass is 282 g/mol. The minimum atomic E-state index is -0.178. The van der Waals surface area contributed by atoms with Gasteiger partial charge in [-0.15, -0.1) is 0 Å². The molecule has 0 saturated carbocycles. The van der Waals surface area contributed by atoms with Crippen LogP contribution >= 0.6 is 0 Å². The lowest BCUT2D eigenvalue weighted by Gasteiger charge is -2.18. The average molecular weight is 282 g/mol. The smallest absolute Gasteiger partial charge is 0.319 e. The van der Waals surface area contributed by atoms with Crippen LogP contribution in [0.3, 0.4) is 0 Å². The maximum atomic E-state index is 12.2. The maximum absolute atomic E-state index is 12.2. The van der Waals surface area contributed by atoms with Gasteiger partial charge in [0, 0.05) is 5.69 Å². The summed E-state index contributed by atoms with van der Waals surface area (Å²) in [5, 5.41) is 5.94. The molecule has 0 saturated heterocycles. The van der Waals surface area contributed by atoms with Gasteiger partial charge in [-0.05, 0) is 49.9 Å². The zero-order chi connectivity index (χ0) is 15.4. The molecule has 2 aromatic carbocycles. The molecule has 0 radical (unpaired) electrons. The number of para-hydroxylation sites is 1. The van der Waals surface area contributed by atoms with Crippen LogP contribution in [0.25, 0.3) is 0 Å². The third kappa shape index (κ3) is 3.63. The predicted molar refractivity (Wildman–Crippen MR) is 87.7 cm³/mol. The number of hydrogen-bond acceptors (Lipinski definition) is 1. The first-order valence-corrected chi connectivity index (χ1v) is 7.18. The SMILES string of the molecule is Cc1ccccc1[C@@H](C)NC(=O)Nc1c(C)cccc1C. The van der Waals surface area contributed by atoms with Crippen LogP contribution in [-0.4, -0.2) is 6.03 Å². The Bertz CT molecular complexity index is 629. The highest BCUT2D eigenvalue weighted by atomic mass is 16.2. The van der Waals surface area contributed by atoms with E-state index in [9.17, 15) is 4.79 Å². The minimum absolute atomic E-state index is 0.0319. The second kappa shape index (κ2) is 6.44. The Balaban J connectivity index is 2.07. The summed E-state index contributed by atoms with van der Waals surface area (Å²) in [6.07, 6.45) is 0. The topological polar surface area (TPSA) is 41.1 Å². The number of carbonyl (C=O) groups excluding carboxylic acids is 1. The highest BCUT2D eigenvalue weighted by Crippen LogP contribution is 2.20. The van der Waals surface area contributed by atoms with Crippen LogP contribution in [0, 0.1) is 20.8 Å². The summed E-state index contributed by atoms with van der Waals surface area (Å²) in [5.41, 5.74) is 5.32. The molecule has 21 heavy (non-hydrogen) atoms. The van der Waals surface area contributed by atoms with Crippen molar-refractivity contribution in [3.63, 3.8) is 0 Å². The number of carbonyl (C=O) groups is 1. The standard InChI is InChI=1S/C18H22N2O/c1-12-8-5-6-11-16(12)15(4)19-18(21)20-17-13(2)9-7-10-14(17)3/h5-11,15H,1-4H3,(H2,19,20,21)/t15-/m1/s1. The molecule has 2 aromatic rings. The van der Waals surface area contributed by atoms with E-state index in [2.05, 4.69) is 23.6 Å². The van der Waals surface area contributed by atoms with Crippen molar-refractivity contribution in [3.05, 3.63) is 64.7 Å². The van der Waals surface area contributed by atoms with E-state index >= 15 is 0 Å². The molecule has 2 amide bonds. The highest BCUT2D eigenvalue weighted by Gasteiger charge is 2.12. The van der Waals surface area contributed by atoms with Crippen LogP contribution < -0.4 is 10.6 Å². The van der Waals surface area contributed by atoms with Crippen molar-refractivity contribution in [2.24, 2.45) is 0 Å². The zero-order valence-electron chi connectivity index (χ0n) is 13.0. The Kier molecular flexibility index (Phi) is 4.63. The van der Waals surface area contributed by atoms with Crippen molar-refractivity contribution in [3.8, 4) is 0 Å². The van der Waals surface area contributed by atoms with Gasteiger partial charge in [0.15, 0.2) is 0 Å². The summed E-state index contributed by atoms with van der Waals surface area (Å²) >= 11 is 0. The summed E-state index contributed by atoms with van der Waals surface area (Å²) in [6.45, 7) is 8.03. The van der Waals surface area contributed by atoms with Gasteiger partial charge < -0.3 is 10.6 Å². The second-order valence-electron chi connectivity index (χ2n) is 5.44. The van der Waals surface area contributed by atoms with E-state index in [-0.39, 0.29) is 12.1 Å². The number of anilines is 1. The molecule has 0 aliphatic carbocycles. The van der Waals surface area contributed by atoms with Crippen LogP contribution in [0.5, 0.6) is 0 Å². The lowest BCUT2D eigenvalue weighted by atomic mass is 10.0. The Hall–Kier alpha value is -2.29. The molecule has 0 spiro atoms. The first-order valence-electron chi connectivity index (χ1n) is 7.18. The van der Waals surface area contributed by atoms with E-state index in [1.807, 2.05) is 57.2 Å². The molecule has 0 aromatic heterocycles. The molecule has 0 aliphatic heterocycles. The number of rotatable bonds is 3. The predicted octanol–water partition coefficient (Wildman–Crippen LogP) is 4.49. The van der Waals surface area contributed by atoms with Gasteiger partial charge in [0.25, 0.3) is 0 Å². The number of nitrogens with one attached hydrogen (secondary N) is 2. The van der Waals surface area contributed by atoms with Crippen molar-refractivity contribution in [2.45, 2.75) is 33.7 Å². The van der Waals surface area contributed by atoms with Gasteiger partial charge in [0.05, 0.1) is 6.04 Å². The zero-order valence-corrected chi connectivity index (χ0v) is 13.0. The minimum Gasteiger partial charge on any atom is -0.331 e. The van der Waals surface area contributed by atoms with Crippen molar-refractivity contribution >= 4 is 11.7 Å². The molecule has 2 rings (SSSR count). The number of urea groups is 1. The molecule has 110 valence electrons. The normalized spacial score (nSPS) is 11.8. The summed E-state index contributed by atoms with van der Waals surface area (Å²) in [7, 11) is 0. The molecule has 0 heterocycles. The Morgan fingerprint density at radius 3 is 2.10 bits per heavy atom. The highest BCUT2D eigenvalue weighted by molar-refractivity contribution is 5.91.